The molecule has 0 bridgehead atoms. The van der Waals surface area contributed by atoms with Crippen LogP contribution in [0.3, 0.4) is 0 Å². The number of hydrogen-bond donors (Lipinski definition) is 1. The molecular formula is C22H23ClFN3O5S. The first-order valence-corrected chi connectivity index (χ1v) is 12.2. The van der Waals surface area contributed by atoms with Crippen molar-refractivity contribution in [3.05, 3.63) is 64.9 Å². The molecule has 0 aliphatic carbocycles. The first-order chi connectivity index (χ1) is 15.6. The maximum Gasteiger partial charge on any atom is 0.261 e. The normalized spacial score (nSPS) is 15.1. The van der Waals surface area contributed by atoms with Crippen molar-refractivity contribution in [2.45, 2.75) is 23.6 Å². The Labute approximate surface area is 196 Å². The lowest BCUT2D eigenvalue weighted by molar-refractivity contribution is -0.139. The van der Waals surface area contributed by atoms with Crippen molar-refractivity contribution < 1.29 is 27.2 Å². The van der Waals surface area contributed by atoms with E-state index in [1.807, 2.05) is 0 Å². The molecule has 1 heterocycles. The lowest BCUT2D eigenvalue weighted by atomic mass is 10.2. The predicted molar refractivity (Wildman–Crippen MR) is 120 cm³/mol. The van der Waals surface area contributed by atoms with Gasteiger partial charge in [-0.3, -0.25) is 14.4 Å². The van der Waals surface area contributed by atoms with Gasteiger partial charge in [-0.15, -0.1) is 0 Å². The number of nitrogens with one attached hydrogen (secondary N) is 1. The molecule has 1 N–H and O–H groups in total. The van der Waals surface area contributed by atoms with Crippen LogP contribution in [0.1, 0.15) is 23.7 Å². The van der Waals surface area contributed by atoms with Gasteiger partial charge in [-0.2, -0.15) is 0 Å². The Morgan fingerprint density at radius 2 is 1.58 bits per heavy atom. The number of benzene rings is 2. The van der Waals surface area contributed by atoms with Crippen LogP contribution in [0.4, 0.5) is 4.39 Å². The molecule has 1 unspecified atom stereocenters. The Bertz CT molecular complexity index is 1150. The number of rotatable bonds is 6. The molecule has 1 atom stereocenters. The molecule has 0 spiro atoms. The highest BCUT2D eigenvalue weighted by atomic mass is 35.5. The molecule has 3 amide bonds. The quantitative estimate of drug-likeness (QED) is 0.618. The van der Waals surface area contributed by atoms with Crippen molar-refractivity contribution in [2.75, 3.05) is 26.2 Å². The van der Waals surface area contributed by atoms with Crippen molar-refractivity contribution >= 4 is 39.2 Å². The SMILES string of the molecule is CCC(=O)N1CCN(C(=O)C(NC(=O)c2ccccc2Cl)S(=O)(=O)c2ccc(F)cc2)CC1. The summed E-state index contributed by atoms with van der Waals surface area (Å²) in [5.74, 6) is -2.40. The largest absolute Gasteiger partial charge is 0.339 e. The number of piperazine rings is 1. The van der Waals surface area contributed by atoms with E-state index in [1.165, 1.54) is 17.0 Å². The number of amides is 3. The third-order valence-electron chi connectivity index (χ3n) is 5.30. The summed E-state index contributed by atoms with van der Waals surface area (Å²) in [4.78, 5) is 40.6. The molecule has 1 saturated heterocycles. The van der Waals surface area contributed by atoms with Gasteiger partial charge in [0, 0.05) is 32.6 Å². The van der Waals surface area contributed by atoms with Gasteiger partial charge < -0.3 is 15.1 Å². The summed E-state index contributed by atoms with van der Waals surface area (Å²) in [6.07, 6.45) is 0.323. The second-order valence-corrected chi connectivity index (χ2v) is 9.83. The minimum atomic E-state index is -4.43. The molecule has 33 heavy (non-hydrogen) atoms. The van der Waals surface area contributed by atoms with E-state index in [0.29, 0.717) is 6.42 Å². The summed E-state index contributed by atoms with van der Waals surface area (Å²) in [6, 6.07) is 10.0. The molecular weight excluding hydrogens is 473 g/mol. The number of sulfone groups is 1. The zero-order valence-electron chi connectivity index (χ0n) is 17.8. The maximum absolute atomic E-state index is 13.3. The van der Waals surface area contributed by atoms with Gasteiger partial charge in [-0.25, -0.2) is 12.8 Å². The van der Waals surface area contributed by atoms with Gasteiger partial charge in [-0.05, 0) is 36.4 Å². The highest BCUT2D eigenvalue weighted by molar-refractivity contribution is 7.92. The predicted octanol–water partition coefficient (Wildman–Crippen LogP) is 2.09. The number of hydrogen-bond acceptors (Lipinski definition) is 5. The van der Waals surface area contributed by atoms with E-state index in [1.54, 1.807) is 24.0 Å². The number of carbonyl (C=O) groups excluding carboxylic acids is 3. The maximum atomic E-state index is 13.3. The summed E-state index contributed by atoms with van der Waals surface area (Å²) in [5.41, 5.74) is 0.00429. The second-order valence-electron chi connectivity index (χ2n) is 7.39. The molecule has 8 nitrogen and oxygen atoms in total. The van der Waals surface area contributed by atoms with Gasteiger partial charge in [-0.1, -0.05) is 30.7 Å². The Hall–Kier alpha value is -2.98. The monoisotopic (exact) mass is 495 g/mol. The molecule has 0 saturated carbocycles. The molecule has 2 aromatic carbocycles. The topological polar surface area (TPSA) is 104 Å². The molecule has 3 rings (SSSR count). The summed E-state index contributed by atoms with van der Waals surface area (Å²) < 4.78 is 40.0. The van der Waals surface area contributed by atoms with Gasteiger partial charge in [0.2, 0.25) is 21.1 Å². The molecule has 1 aliphatic heterocycles. The summed E-state index contributed by atoms with van der Waals surface area (Å²) >= 11 is 6.05. The first-order valence-electron chi connectivity index (χ1n) is 10.3. The highest BCUT2D eigenvalue weighted by Gasteiger charge is 2.39. The molecule has 1 fully saturated rings. The van der Waals surface area contributed by atoms with Crippen LogP contribution in [0.15, 0.2) is 53.4 Å². The van der Waals surface area contributed by atoms with Crippen LogP contribution in [0.2, 0.25) is 5.02 Å². The van der Waals surface area contributed by atoms with Crippen LogP contribution in [0, 0.1) is 5.82 Å². The van der Waals surface area contributed by atoms with E-state index in [-0.39, 0.29) is 47.6 Å². The van der Waals surface area contributed by atoms with Crippen molar-refractivity contribution in [1.82, 2.24) is 15.1 Å². The molecule has 11 heteroatoms. The number of nitrogens with zero attached hydrogens (tertiary/aromatic N) is 2. The average molecular weight is 496 g/mol. The summed E-state index contributed by atoms with van der Waals surface area (Å²) in [5, 5.41) is 0.425. The fraction of sp³-hybridized carbons (Fsp3) is 0.318. The van der Waals surface area contributed by atoms with E-state index >= 15 is 0 Å². The van der Waals surface area contributed by atoms with Crippen LogP contribution in [0.25, 0.3) is 0 Å². The van der Waals surface area contributed by atoms with Crippen LogP contribution >= 0.6 is 11.6 Å². The third kappa shape index (κ3) is 5.51. The van der Waals surface area contributed by atoms with Gasteiger partial charge in [0.1, 0.15) is 5.82 Å². The van der Waals surface area contributed by atoms with E-state index < -0.39 is 32.8 Å². The van der Waals surface area contributed by atoms with Crippen molar-refractivity contribution in [2.24, 2.45) is 0 Å². The highest BCUT2D eigenvalue weighted by Crippen LogP contribution is 2.20. The van der Waals surface area contributed by atoms with E-state index in [4.69, 9.17) is 11.6 Å². The Morgan fingerprint density at radius 3 is 2.15 bits per heavy atom. The Morgan fingerprint density at radius 1 is 1.00 bits per heavy atom. The van der Waals surface area contributed by atoms with Crippen molar-refractivity contribution in [3.63, 3.8) is 0 Å². The van der Waals surface area contributed by atoms with E-state index in [2.05, 4.69) is 5.32 Å². The first kappa shape index (κ1) is 24.7. The fourth-order valence-corrected chi connectivity index (χ4v) is 5.13. The zero-order valence-corrected chi connectivity index (χ0v) is 19.4. The minimum absolute atomic E-state index is 0.00429. The minimum Gasteiger partial charge on any atom is -0.339 e. The molecule has 0 radical (unpaired) electrons. The average Bonchev–Trinajstić information content (AvgIpc) is 2.82. The van der Waals surface area contributed by atoms with Crippen LogP contribution in [-0.2, 0) is 19.4 Å². The zero-order chi connectivity index (χ0) is 24.2. The molecule has 176 valence electrons. The van der Waals surface area contributed by atoms with Gasteiger partial charge in [0.25, 0.3) is 11.8 Å². The van der Waals surface area contributed by atoms with Crippen LogP contribution in [-0.4, -0.2) is 67.5 Å². The van der Waals surface area contributed by atoms with Gasteiger partial charge in [0.15, 0.2) is 0 Å². The van der Waals surface area contributed by atoms with Crippen LogP contribution in [0.5, 0.6) is 0 Å². The lowest BCUT2D eigenvalue weighted by Crippen LogP contribution is -2.57. The number of halogens is 2. The van der Waals surface area contributed by atoms with Crippen molar-refractivity contribution in [1.29, 1.82) is 0 Å². The van der Waals surface area contributed by atoms with E-state index in [9.17, 15) is 27.2 Å². The van der Waals surface area contributed by atoms with Crippen molar-refractivity contribution in [3.8, 4) is 0 Å². The third-order valence-corrected chi connectivity index (χ3v) is 7.50. The summed E-state index contributed by atoms with van der Waals surface area (Å²) in [6.45, 7) is 2.46. The smallest absolute Gasteiger partial charge is 0.261 e. The molecule has 0 aromatic heterocycles. The molecule has 1 aliphatic rings. The van der Waals surface area contributed by atoms with Crippen LogP contribution < -0.4 is 5.32 Å². The Kier molecular flexibility index (Phi) is 7.70. The van der Waals surface area contributed by atoms with Gasteiger partial charge >= 0.3 is 0 Å². The molecule has 2 aromatic rings. The Balaban J connectivity index is 1.91. The van der Waals surface area contributed by atoms with Gasteiger partial charge in [0.05, 0.1) is 15.5 Å². The standard InChI is InChI=1S/C22H23ClFN3O5S/c1-2-19(28)26-11-13-27(14-12-26)22(30)21(25-20(29)17-5-3-4-6-18(17)23)33(31,32)16-9-7-15(24)8-10-16/h3-10,21H,2,11-14H2,1H3,(H,25,29). The second kappa shape index (κ2) is 10.3. The summed E-state index contributed by atoms with van der Waals surface area (Å²) in [7, 11) is -4.43. The number of carbonyl (C=O) groups is 3. The van der Waals surface area contributed by atoms with E-state index in [0.717, 1.165) is 24.3 Å². The lowest BCUT2D eigenvalue weighted by Gasteiger charge is -2.36. The fourth-order valence-electron chi connectivity index (χ4n) is 3.44.